The molecule has 2 heterocycles. The molecule has 94 valence electrons. The SMILES string of the molecule is CCNc1ccc(NC(=O)c2sccc2C)cn1. The van der Waals surface area contributed by atoms with E-state index in [4.69, 9.17) is 0 Å². The number of aryl methyl sites for hydroxylation is 1. The van der Waals surface area contributed by atoms with Gasteiger partial charge < -0.3 is 10.6 Å². The van der Waals surface area contributed by atoms with E-state index in [9.17, 15) is 4.79 Å². The molecule has 0 aliphatic heterocycles. The average molecular weight is 261 g/mol. The van der Waals surface area contributed by atoms with E-state index in [1.807, 2.05) is 37.4 Å². The van der Waals surface area contributed by atoms with Gasteiger partial charge in [-0.05, 0) is 43.0 Å². The zero-order valence-corrected chi connectivity index (χ0v) is 11.2. The Morgan fingerprint density at radius 2 is 2.22 bits per heavy atom. The number of nitrogens with one attached hydrogen (secondary N) is 2. The zero-order valence-electron chi connectivity index (χ0n) is 10.4. The lowest BCUT2D eigenvalue weighted by Gasteiger charge is -2.06. The number of thiophene rings is 1. The molecule has 18 heavy (non-hydrogen) atoms. The van der Waals surface area contributed by atoms with Crippen LogP contribution in [0.3, 0.4) is 0 Å². The summed E-state index contributed by atoms with van der Waals surface area (Å²) < 4.78 is 0. The van der Waals surface area contributed by atoms with Gasteiger partial charge in [0.2, 0.25) is 0 Å². The van der Waals surface area contributed by atoms with Gasteiger partial charge in [0.1, 0.15) is 5.82 Å². The number of hydrogen-bond donors (Lipinski definition) is 2. The monoisotopic (exact) mass is 261 g/mol. The number of hydrogen-bond acceptors (Lipinski definition) is 4. The molecule has 2 aromatic rings. The number of carbonyl (C=O) groups excluding carboxylic acids is 1. The Morgan fingerprint density at radius 1 is 1.39 bits per heavy atom. The summed E-state index contributed by atoms with van der Waals surface area (Å²) >= 11 is 1.44. The lowest BCUT2D eigenvalue weighted by atomic mass is 10.3. The summed E-state index contributed by atoms with van der Waals surface area (Å²) in [5, 5.41) is 7.85. The van der Waals surface area contributed by atoms with Crippen LogP contribution in [-0.4, -0.2) is 17.4 Å². The van der Waals surface area contributed by atoms with Gasteiger partial charge in [-0.1, -0.05) is 0 Å². The summed E-state index contributed by atoms with van der Waals surface area (Å²) in [6, 6.07) is 5.62. The van der Waals surface area contributed by atoms with E-state index in [2.05, 4.69) is 15.6 Å². The third-order valence-corrected chi connectivity index (χ3v) is 3.46. The Balaban J connectivity index is 2.05. The molecule has 0 saturated carbocycles. The van der Waals surface area contributed by atoms with Crippen molar-refractivity contribution in [2.75, 3.05) is 17.2 Å². The van der Waals surface area contributed by atoms with E-state index < -0.39 is 0 Å². The van der Waals surface area contributed by atoms with Crippen molar-refractivity contribution >= 4 is 28.7 Å². The quantitative estimate of drug-likeness (QED) is 0.889. The van der Waals surface area contributed by atoms with Crippen LogP contribution in [0.15, 0.2) is 29.8 Å². The minimum absolute atomic E-state index is 0.0829. The average Bonchev–Trinajstić information content (AvgIpc) is 2.78. The molecule has 0 radical (unpaired) electrons. The Labute approximate surface area is 110 Å². The molecule has 0 saturated heterocycles. The summed E-state index contributed by atoms with van der Waals surface area (Å²) in [6.07, 6.45) is 1.65. The number of carbonyl (C=O) groups is 1. The Hall–Kier alpha value is -1.88. The molecule has 0 aromatic carbocycles. The van der Waals surface area contributed by atoms with Crippen LogP contribution < -0.4 is 10.6 Å². The van der Waals surface area contributed by atoms with Crippen molar-refractivity contribution in [2.24, 2.45) is 0 Å². The molecule has 0 spiro atoms. The van der Waals surface area contributed by atoms with Crippen molar-refractivity contribution in [3.05, 3.63) is 40.2 Å². The molecule has 4 nitrogen and oxygen atoms in total. The zero-order chi connectivity index (χ0) is 13.0. The number of amides is 1. The van der Waals surface area contributed by atoms with Gasteiger partial charge in [0.05, 0.1) is 16.8 Å². The van der Waals surface area contributed by atoms with Crippen molar-refractivity contribution in [1.82, 2.24) is 4.98 Å². The molecule has 0 bridgehead atoms. The first-order valence-corrected chi connectivity index (χ1v) is 6.64. The van der Waals surface area contributed by atoms with Gasteiger partial charge in [-0.2, -0.15) is 0 Å². The van der Waals surface area contributed by atoms with E-state index >= 15 is 0 Å². The van der Waals surface area contributed by atoms with Gasteiger partial charge in [-0.25, -0.2) is 4.98 Å². The van der Waals surface area contributed by atoms with Gasteiger partial charge in [-0.3, -0.25) is 4.79 Å². The third kappa shape index (κ3) is 2.87. The van der Waals surface area contributed by atoms with Gasteiger partial charge in [-0.15, -0.1) is 11.3 Å². The molecule has 1 amide bonds. The molecule has 2 rings (SSSR count). The Kier molecular flexibility index (Phi) is 3.94. The molecule has 5 heteroatoms. The van der Waals surface area contributed by atoms with Crippen molar-refractivity contribution in [2.45, 2.75) is 13.8 Å². The topological polar surface area (TPSA) is 54.0 Å². The van der Waals surface area contributed by atoms with E-state index in [1.54, 1.807) is 6.20 Å². The molecular weight excluding hydrogens is 246 g/mol. The van der Waals surface area contributed by atoms with E-state index in [-0.39, 0.29) is 5.91 Å². The maximum absolute atomic E-state index is 12.0. The van der Waals surface area contributed by atoms with Crippen LogP contribution in [0.2, 0.25) is 0 Å². The van der Waals surface area contributed by atoms with Crippen molar-refractivity contribution in [1.29, 1.82) is 0 Å². The molecule has 2 aromatic heterocycles. The van der Waals surface area contributed by atoms with Gasteiger partial charge in [0.25, 0.3) is 5.91 Å². The number of pyridine rings is 1. The molecule has 0 aliphatic rings. The van der Waals surface area contributed by atoms with E-state index in [0.717, 1.165) is 22.8 Å². The molecule has 0 fully saturated rings. The van der Waals surface area contributed by atoms with E-state index in [0.29, 0.717) is 5.69 Å². The van der Waals surface area contributed by atoms with Crippen LogP contribution in [-0.2, 0) is 0 Å². The first kappa shape index (κ1) is 12.6. The maximum Gasteiger partial charge on any atom is 0.266 e. The highest BCUT2D eigenvalue weighted by Crippen LogP contribution is 2.18. The lowest BCUT2D eigenvalue weighted by Crippen LogP contribution is -2.11. The van der Waals surface area contributed by atoms with Crippen LogP contribution in [0.5, 0.6) is 0 Å². The van der Waals surface area contributed by atoms with Crippen molar-refractivity contribution in [3.8, 4) is 0 Å². The first-order valence-electron chi connectivity index (χ1n) is 5.76. The van der Waals surface area contributed by atoms with Crippen LogP contribution in [0.25, 0.3) is 0 Å². The summed E-state index contributed by atoms with van der Waals surface area (Å²) in [5.41, 5.74) is 1.70. The molecule has 0 atom stereocenters. The molecule has 2 N–H and O–H groups in total. The smallest absolute Gasteiger partial charge is 0.266 e. The summed E-state index contributed by atoms with van der Waals surface area (Å²) in [5.74, 6) is 0.725. The van der Waals surface area contributed by atoms with Crippen LogP contribution in [0.4, 0.5) is 11.5 Å². The largest absolute Gasteiger partial charge is 0.370 e. The second kappa shape index (κ2) is 5.64. The highest BCUT2D eigenvalue weighted by atomic mass is 32.1. The molecular formula is C13H15N3OS. The maximum atomic E-state index is 12.0. The van der Waals surface area contributed by atoms with Gasteiger partial charge in [0, 0.05) is 6.54 Å². The molecule has 0 unspecified atom stereocenters. The third-order valence-electron chi connectivity index (χ3n) is 2.45. The fourth-order valence-corrected chi connectivity index (χ4v) is 2.37. The number of aromatic nitrogens is 1. The van der Waals surface area contributed by atoms with Crippen molar-refractivity contribution < 1.29 is 4.79 Å². The predicted molar refractivity (Wildman–Crippen MR) is 75.4 cm³/mol. The van der Waals surface area contributed by atoms with Crippen LogP contribution in [0.1, 0.15) is 22.2 Å². The Morgan fingerprint density at radius 3 is 2.78 bits per heavy atom. The predicted octanol–water partition coefficient (Wildman–Crippen LogP) is 3.14. The summed E-state index contributed by atoms with van der Waals surface area (Å²) in [7, 11) is 0. The normalized spacial score (nSPS) is 10.1. The fraction of sp³-hybridized carbons (Fsp3) is 0.231. The summed E-state index contributed by atoms with van der Waals surface area (Å²) in [4.78, 5) is 16.9. The minimum Gasteiger partial charge on any atom is -0.370 e. The van der Waals surface area contributed by atoms with E-state index in [1.165, 1.54) is 11.3 Å². The highest BCUT2D eigenvalue weighted by molar-refractivity contribution is 7.12. The second-order valence-electron chi connectivity index (χ2n) is 3.85. The molecule has 0 aliphatic carbocycles. The fourth-order valence-electron chi connectivity index (χ4n) is 1.55. The number of anilines is 2. The number of nitrogens with zero attached hydrogens (tertiary/aromatic N) is 1. The van der Waals surface area contributed by atoms with Crippen molar-refractivity contribution in [3.63, 3.8) is 0 Å². The Bertz CT molecular complexity index is 533. The second-order valence-corrected chi connectivity index (χ2v) is 4.77. The first-order chi connectivity index (χ1) is 8.70. The standard InChI is InChI=1S/C13H15N3OS/c1-3-14-11-5-4-10(8-15-11)16-13(17)12-9(2)6-7-18-12/h4-8H,3H2,1-2H3,(H,14,15)(H,16,17). The minimum atomic E-state index is -0.0829. The number of rotatable bonds is 4. The highest BCUT2D eigenvalue weighted by Gasteiger charge is 2.10. The summed E-state index contributed by atoms with van der Waals surface area (Å²) in [6.45, 7) is 4.77. The lowest BCUT2D eigenvalue weighted by molar-refractivity contribution is 0.103. The van der Waals surface area contributed by atoms with Gasteiger partial charge in [0.15, 0.2) is 0 Å². The van der Waals surface area contributed by atoms with Gasteiger partial charge >= 0.3 is 0 Å². The van der Waals surface area contributed by atoms with Crippen LogP contribution >= 0.6 is 11.3 Å². The van der Waals surface area contributed by atoms with Crippen LogP contribution in [0, 0.1) is 6.92 Å².